The van der Waals surface area contributed by atoms with Crippen molar-refractivity contribution in [1.82, 2.24) is 9.97 Å². The van der Waals surface area contributed by atoms with Gasteiger partial charge in [0, 0.05) is 32.4 Å². The second-order valence-corrected chi connectivity index (χ2v) is 5.21. The zero-order chi connectivity index (χ0) is 16.3. The van der Waals surface area contributed by atoms with Gasteiger partial charge in [-0.1, -0.05) is 11.6 Å². The van der Waals surface area contributed by atoms with Crippen molar-refractivity contribution in [3.8, 4) is 0 Å². The molecule has 2 aromatic rings. The Hall–Kier alpha value is -2.21. The van der Waals surface area contributed by atoms with E-state index in [1.54, 1.807) is 0 Å². The molecule has 1 heterocycles. The SMILES string of the molecule is CNc1cc(NC)c(Nc2nc(C)nc(Cl)c2C)c(NC)c1. The summed E-state index contributed by atoms with van der Waals surface area (Å²) in [5.74, 6) is 1.32. The monoisotopic (exact) mass is 320 g/mol. The Kier molecular flexibility index (Phi) is 4.92. The van der Waals surface area contributed by atoms with Crippen LogP contribution in [0.2, 0.25) is 5.15 Å². The molecule has 0 aliphatic rings. The van der Waals surface area contributed by atoms with E-state index in [0.717, 1.165) is 28.3 Å². The quantitative estimate of drug-likeness (QED) is 0.631. The van der Waals surface area contributed by atoms with Crippen LogP contribution in [0.3, 0.4) is 0 Å². The van der Waals surface area contributed by atoms with E-state index in [0.29, 0.717) is 16.8 Å². The molecule has 1 aromatic carbocycles. The lowest BCUT2D eigenvalue weighted by molar-refractivity contribution is 1.04. The van der Waals surface area contributed by atoms with Gasteiger partial charge in [0.1, 0.15) is 16.8 Å². The molecule has 0 radical (unpaired) electrons. The number of halogens is 1. The lowest BCUT2D eigenvalue weighted by Crippen LogP contribution is -2.06. The van der Waals surface area contributed by atoms with Crippen molar-refractivity contribution in [2.75, 3.05) is 42.4 Å². The number of nitrogens with zero attached hydrogens (tertiary/aromatic N) is 2. The molecule has 1 aromatic heterocycles. The number of nitrogens with one attached hydrogen (secondary N) is 4. The average molecular weight is 321 g/mol. The van der Waals surface area contributed by atoms with Crippen molar-refractivity contribution < 1.29 is 0 Å². The van der Waals surface area contributed by atoms with E-state index >= 15 is 0 Å². The van der Waals surface area contributed by atoms with Crippen molar-refractivity contribution in [2.24, 2.45) is 0 Å². The predicted molar refractivity (Wildman–Crippen MR) is 94.9 cm³/mol. The molecule has 7 heteroatoms. The van der Waals surface area contributed by atoms with Crippen molar-refractivity contribution in [2.45, 2.75) is 13.8 Å². The molecule has 0 fully saturated rings. The standard InChI is InChI=1S/C15H21ClN6/c1-8-14(16)20-9(2)21-15(8)22-13-11(18-4)6-10(17-3)7-12(13)19-5/h6-7,17-19H,1-5H3,(H,20,21,22). The highest BCUT2D eigenvalue weighted by Crippen LogP contribution is 2.37. The highest BCUT2D eigenvalue weighted by atomic mass is 35.5. The van der Waals surface area contributed by atoms with Gasteiger partial charge in [-0.25, -0.2) is 9.97 Å². The number of rotatable bonds is 5. The summed E-state index contributed by atoms with van der Waals surface area (Å²) in [6.07, 6.45) is 0. The minimum Gasteiger partial charge on any atom is -0.388 e. The maximum atomic E-state index is 6.15. The molecule has 4 N–H and O–H groups in total. The molecular weight excluding hydrogens is 300 g/mol. The van der Waals surface area contributed by atoms with Crippen molar-refractivity contribution in [3.63, 3.8) is 0 Å². The third-order valence-electron chi connectivity index (χ3n) is 3.41. The van der Waals surface area contributed by atoms with Crippen molar-refractivity contribution in [3.05, 3.63) is 28.7 Å². The molecule has 0 atom stereocenters. The molecule has 2 rings (SSSR count). The Labute approximate surface area is 135 Å². The number of aryl methyl sites for hydroxylation is 1. The van der Waals surface area contributed by atoms with Crippen molar-refractivity contribution >= 4 is 40.2 Å². The van der Waals surface area contributed by atoms with Crippen LogP contribution in [0.4, 0.5) is 28.6 Å². The molecule has 6 nitrogen and oxygen atoms in total. The van der Waals surface area contributed by atoms with E-state index in [1.165, 1.54) is 0 Å². The summed E-state index contributed by atoms with van der Waals surface area (Å²) in [5, 5.41) is 13.3. The van der Waals surface area contributed by atoms with Gasteiger partial charge in [-0.05, 0) is 26.0 Å². The fourth-order valence-corrected chi connectivity index (χ4v) is 2.36. The molecular formula is C15H21ClN6. The minimum atomic E-state index is 0.457. The highest BCUT2D eigenvalue weighted by Gasteiger charge is 2.13. The third kappa shape index (κ3) is 3.17. The Morgan fingerprint density at radius 3 is 2.00 bits per heavy atom. The van der Waals surface area contributed by atoms with E-state index in [2.05, 4.69) is 31.2 Å². The highest BCUT2D eigenvalue weighted by molar-refractivity contribution is 6.30. The Balaban J connectivity index is 2.53. The fraction of sp³-hybridized carbons (Fsp3) is 0.333. The predicted octanol–water partition coefficient (Wildman–Crippen LogP) is 3.62. The van der Waals surface area contributed by atoms with Gasteiger partial charge in [-0.3, -0.25) is 0 Å². The van der Waals surface area contributed by atoms with Gasteiger partial charge in [0.05, 0.1) is 17.1 Å². The van der Waals surface area contributed by atoms with Crippen LogP contribution < -0.4 is 21.3 Å². The lowest BCUT2D eigenvalue weighted by atomic mass is 10.2. The van der Waals surface area contributed by atoms with Crippen LogP contribution in [-0.2, 0) is 0 Å². The normalized spacial score (nSPS) is 10.3. The van der Waals surface area contributed by atoms with Crippen LogP contribution in [0.15, 0.2) is 12.1 Å². The average Bonchev–Trinajstić information content (AvgIpc) is 2.51. The van der Waals surface area contributed by atoms with E-state index in [-0.39, 0.29) is 0 Å². The summed E-state index contributed by atoms with van der Waals surface area (Å²) < 4.78 is 0. The topological polar surface area (TPSA) is 73.9 Å². The largest absolute Gasteiger partial charge is 0.388 e. The van der Waals surface area contributed by atoms with E-state index in [4.69, 9.17) is 11.6 Å². The van der Waals surface area contributed by atoms with Gasteiger partial charge in [0.15, 0.2) is 0 Å². The van der Waals surface area contributed by atoms with E-state index in [1.807, 2.05) is 47.1 Å². The minimum absolute atomic E-state index is 0.457. The molecule has 0 aliphatic heterocycles. The summed E-state index contributed by atoms with van der Waals surface area (Å²) in [4.78, 5) is 8.61. The van der Waals surface area contributed by atoms with Gasteiger partial charge in [-0.15, -0.1) is 0 Å². The van der Waals surface area contributed by atoms with Crippen LogP contribution in [0.1, 0.15) is 11.4 Å². The van der Waals surface area contributed by atoms with Crippen LogP contribution in [-0.4, -0.2) is 31.1 Å². The van der Waals surface area contributed by atoms with Gasteiger partial charge < -0.3 is 21.3 Å². The number of aromatic nitrogens is 2. The molecule has 118 valence electrons. The number of anilines is 5. The van der Waals surface area contributed by atoms with Crippen LogP contribution in [0, 0.1) is 13.8 Å². The summed E-state index contributed by atoms with van der Waals surface area (Å²) >= 11 is 6.15. The van der Waals surface area contributed by atoms with Gasteiger partial charge >= 0.3 is 0 Å². The summed E-state index contributed by atoms with van der Waals surface area (Å²) in [5.41, 5.74) is 4.62. The first kappa shape index (κ1) is 16.2. The maximum absolute atomic E-state index is 6.15. The molecule has 0 amide bonds. The number of benzene rings is 1. The molecule has 0 saturated carbocycles. The van der Waals surface area contributed by atoms with Gasteiger partial charge in [0.2, 0.25) is 0 Å². The van der Waals surface area contributed by atoms with Crippen LogP contribution >= 0.6 is 11.6 Å². The van der Waals surface area contributed by atoms with E-state index in [9.17, 15) is 0 Å². The molecule has 0 saturated heterocycles. The maximum Gasteiger partial charge on any atom is 0.138 e. The number of hydrogen-bond donors (Lipinski definition) is 4. The Morgan fingerprint density at radius 2 is 1.50 bits per heavy atom. The summed E-state index contributed by atoms with van der Waals surface area (Å²) in [6, 6.07) is 4.04. The first-order valence-corrected chi connectivity index (χ1v) is 7.37. The molecule has 0 spiro atoms. The first-order chi connectivity index (χ1) is 10.5. The zero-order valence-electron chi connectivity index (χ0n) is 13.4. The molecule has 0 aliphatic carbocycles. The molecule has 0 unspecified atom stereocenters. The van der Waals surface area contributed by atoms with Gasteiger partial charge in [0.25, 0.3) is 0 Å². The zero-order valence-corrected chi connectivity index (χ0v) is 14.2. The lowest BCUT2D eigenvalue weighted by Gasteiger charge is -2.19. The second-order valence-electron chi connectivity index (χ2n) is 4.86. The Morgan fingerprint density at radius 1 is 0.909 bits per heavy atom. The smallest absolute Gasteiger partial charge is 0.138 e. The van der Waals surface area contributed by atoms with Crippen LogP contribution in [0.25, 0.3) is 0 Å². The second kappa shape index (κ2) is 6.70. The van der Waals surface area contributed by atoms with Gasteiger partial charge in [-0.2, -0.15) is 0 Å². The third-order valence-corrected chi connectivity index (χ3v) is 3.78. The fourth-order valence-electron chi connectivity index (χ4n) is 2.15. The van der Waals surface area contributed by atoms with Crippen LogP contribution in [0.5, 0.6) is 0 Å². The van der Waals surface area contributed by atoms with Crippen molar-refractivity contribution in [1.29, 1.82) is 0 Å². The Bertz CT molecular complexity index is 661. The summed E-state index contributed by atoms with van der Waals surface area (Å²) in [7, 11) is 5.65. The molecule has 22 heavy (non-hydrogen) atoms. The first-order valence-electron chi connectivity index (χ1n) is 6.99. The summed E-state index contributed by atoms with van der Waals surface area (Å²) in [6.45, 7) is 3.71. The van der Waals surface area contributed by atoms with E-state index < -0.39 is 0 Å². The number of hydrogen-bond acceptors (Lipinski definition) is 6. The molecule has 0 bridgehead atoms.